The summed E-state index contributed by atoms with van der Waals surface area (Å²) in [5, 5.41) is 9.98. The molecule has 3 aromatic rings. The summed E-state index contributed by atoms with van der Waals surface area (Å²) < 4.78 is 28.4. The lowest BCUT2D eigenvalue weighted by atomic mass is 9.95. The predicted molar refractivity (Wildman–Crippen MR) is 79.3 cm³/mol. The van der Waals surface area contributed by atoms with Gasteiger partial charge in [0.15, 0.2) is 0 Å². The first-order valence-electron chi connectivity index (χ1n) is 5.97. The van der Waals surface area contributed by atoms with Crippen molar-refractivity contribution >= 4 is 37.5 Å². The molecule has 2 aromatic carbocycles. The van der Waals surface area contributed by atoms with E-state index in [1.807, 2.05) is 0 Å². The molecule has 0 aliphatic carbocycles. The summed E-state index contributed by atoms with van der Waals surface area (Å²) in [6.07, 6.45) is 1.39. The van der Waals surface area contributed by atoms with Crippen molar-refractivity contribution in [2.75, 3.05) is 0 Å². The van der Waals surface area contributed by atoms with Gasteiger partial charge < -0.3 is 4.98 Å². The van der Waals surface area contributed by atoms with Crippen molar-refractivity contribution in [3.05, 3.63) is 56.9 Å². The van der Waals surface area contributed by atoms with Gasteiger partial charge in [-0.15, -0.1) is 0 Å². The predicted octanol–water partition coefficient (Wildman–Crippen LogP) is 4.06. The maximum absolute atomic E-state index is 13.9. The maximum Gasteiger partial charge on any atom is 0.358 e. The van der Waals surface area contributed by atoms with Crippen LogP contribution in [0.4, 0.5) is 8.78 Å². The highest BCUT2D eigenvalue weighted by molar-refractivity contribution is 9.10. The first-order chi connectivity index (χ1) is 9.94. The minimum Gasteiger partial charge on any atom is -0.329 e. The molecule has 21 heavy (non-hydrogen) atoms. The number of fused-ring (bicyclic) bond motifs is 3. The standard InChI is InChI=1S/C15H7BrF2N2O/c16-9-1-2-10-11(6-9)13-8(3-4-20-14(13)21)5-12(10)15(17,18)7-19/h1-6H,(H,20,21). The Kier molecular flexibility index (Phi) is 3.03. The van der Waals surface area contributed by atoms with E-state index in [-0.39, 0.29) is 10.9 Å². The van der Waals surface area contributed by atoms with Crippen LogP contribution in [0.3, 0.4) is 0 Å². The molecule has 0 atom stereocenters. The van der Waals surface area contributed by atoms with Gasteiger partial charge in [0.05, 0.1) is 5.39 Å². The first kappa shape index (κ1) is 13.7. The van der Waals surface area contributed by atoms with E-state index in [2.05, 4.69) is 20.9 Å². The van der Waals surface area contributed by atoms with Crippen molar-refractivity contribution in [3.63, 3.8) is 0 Å². The molecule has 3 rings (SSSR count). The van der Waals surface area contributed by atoms with E-state index in [0.717, 1.165) is 6.07 Å². The van der Waals surface area contributed by atoms with Crippen LogP contribution in [0.2, 0.25) is 0 Å². The van der Waals surface area contributed by atoms with Crippen LogP contribution in [0, 0.1) is 11.3 Å². The molecule has 0 radical (unpaired) electrons. The van der Waals surface area contributed by atoms with Gasteiger partial charge in [0.25, 0.3) is 5.56 Å². The second kappa shape index (κ2) is 4.64. The van der Waals surface area contributed by atoms with E-state index >= 15 is 0 Å². The van der Waals surface area contributed by atoms with Gasteiger partial charge in [0.2, 0.25) is 0 Å². The highest BCUT2D eigenvalue weighted by Crippen LogP contribution is 2.37. The Morgan fingerprint density at radius 1 is 1.19 bits per heavy atom. The second-order valence-electron chi connectivity index (χ2n) is 4.57. The van der Waals surface area contributed by atoms with E-state index in [0.29, 0.717) is 20.6 Å². The summed E-state index contributed by atoms with van der Waals surface area (Å²) in [6, 6.07) is 8.43. The average molecular weight is 349 g/mol. The SMILES string of the molecule is N#CC(F)(F)c1cc2cc[nH]c(=O)c2c2cc(Br)ccc12. The summed E-state index contributed by atoms with van der Waals surface area (Å²) >= 11 is 3.27. The number of halogens is 3. The number of aromatic nitrogens is 1. The van der Waals surface area contributed by atoms with E-state index in [1.165, 1.54) is 24.4 Å². The van der Waals surface area contributed by atoms with Crippen molar-refractivity contribution in [1.82, 2.24) is 4.98 Å². The highest BCUT2D eigenvalue weighted by atomic mass is 79.9. The lowest BCUT2D eigenvalue weighted by molar-refractivity contribution is 0.0631. The Morgan fingerprint density at radius 3 is 2.67 bits per heavy atom. The number of H-pyrrole nitrogens is 1. The molecule has 0 bridgehead atoms. The summed E-state index contributed by atoms with van der Waals surface area (Å²) in [5.74, 6) is -3.62. The molecular weight excluding hydrogens is 342 g/mol. The number of benzene rings is 2. The van der Waals surface area contributed by atoms with Crippen LogP contribution in [0.15, 0.2) is 45.8 Å². The minimum atomic E-state index is -3.62. The van der Waals surface area contributed by atoms with Gasteiger partial charge in [-0.05, 0) is 40.4 Å². The number of nitrogens with zero attached hydrogens (tertiary/aromatic N) is 1. The quantitative estimate of drug-likeness (QED) is 0.674. The number of aromatic amines is 1. The Balaban J connectivity index is 2.62. The van der Waals surface area contributed by atoms with Gasteiger partial charge in [-0.2, -0.15) is 14.0 Å². The van der Waals surface area contributed by atoms with E-state index in [1.54, 1.807) is 12.1 Å². The van der Waals surface area contributed by atoms with E-state index < -0.39 is 11.5 Å². The Hall–Kier alpha value is -2.26. The number of alkyl halides is 2. The van der Waals surface area contributed by atoms with Crippen LogP contribution in [0.25, 0.3) is 21.5 Å². The topological polar surface area (TPSA) is 56.6 Å². The normalized spacial score (nSPS) is 11.7. The van der Waals surface area contributed by atoms with Gasteiger partial charge in [-0.1, -0.05) is 22.0 Å². The van der Waals surface area contributed by atoms with Crippen LogP contribution in [-0.2, 0) is 5.92 Å². The Bertz CT molecular complexity index is 973. The van der Waals surface area contributed by atoms with Crippen molar-refractivity contribution in [2.45, 2.75) is 5.92 Å². The van der Waals surface area contributed by atoms with Crippen LogP contribution in [0.5, 0.6) is 0 Å². The number of nitriles is 1. The molecular formula is C15H7BrF2N2O. The van der Waals surface area contributed by atoms with Crippen LogP contribution in [0.1, 0.15) is 5.56 Å². The van der Waals surface area contributed by atoms with Crippen LogP contribution < -0.4 is 5.56 Å². The first-order valence-corrected chi connectivity index (χ1v) is 6.76. The molecule has 6 heteroatoms. The summed E-state index contributed by atoms with van der Waals surface area (Å²) in [6.45, 7) is 0. The largest absolute Gasteiger partial charge is 0.358 e. The molecule has 0 spiro atoms. The molecule has 0 aliphatic heterocycles. The molecule has 0 saturated heterocycles. The number of nitrogens with one attached hydrogen (secondary N) is 1. The van der Waals surface area contributed by atoms with Crippen LogP contribution in [-0.4, -0.2) is 4.98 Å². The van der Waals surface area contributed by atoms with Crippen molar-refractivity contribution in [2.24, 2.45) is 0 Å². The summed E-state index contributed by atoms with van der Waals surface area (Å²) in [7, 11) is 0. The fraction of sp³-hybridized carbons (Fsp3) is 0.0667. The number of rotatable bonds is 1. The smallest absolute Gasteiger partial charge is 0.329 e. The monoisotopic (exact) mass is 348 g/mol. The highest BCUT2D eigenvalue weighted by Gasteiger charge is 2.33. The average Bonchev–Trinajstić information content (AvgIpc) is 2.46. The summed E-state index contributed by atoms with van der Waals surface area (Å²) in [5.41, 5.74) is -0.756. The fourth-order valence-electron chi connectivity index (χ4n) is 2.40. The lowest BCUT2D eigenvalue weighted by Gasteiger charge is -2.14. The number of hydrogen-bond donors (Lipinski definition) is 1. The van der Waals surface area contributed by atoms with Gasteiger partial charge in [0, 0.05) is 16.2 Å². The van der Waals surface area contributed by atoms with Crippen molar-refractivity contribution < 1.29 is 8.78 Å². The van der Waals surface area contributed by atoms with Gasteiger partial charge in [-0.3, -0.25) is 4.79 Å². The molecule has 1 N–H and O–H groups in total. The third kappa shape index (κ3) is 2.10. The molecule has 3 nitrogen and oxygen atoms in total. The van der Waals surface area contributed by atoms with E-state index in [4.69, 9.17) is 5.26 Å². The molecule has 104 valence electrons. The van der Waals surface area contributed by atoms with Crippen molar-refractivity contribution in [3.8, 4) is 6.07 Å². The maximum atomic E-state index is 13.9. The molecule has 0 unspecified atom stereocenters. The Morgan fingerprint density at radius 2 is 1.95 bits per heavy atom. The van der Waals surface area contributed by atoms with E-state index in [9.17, 15) is 13.6 Å². The molecule has 1 heterocycles. The third-order valence-electron chi connectivity index (χ3n) is 3.31. The van der Waals surface area contributed by atoms with Gasteiger partial charge in [-0.25, -0.2) is 0 Å². The second-order valence-corrected chi connectivity index (χ2v) is 5.49. The molecule has 0 amide bonds. The zero-order valence-corrected chi connectivity index (χ0v) is 12.0. The number of pyridine rings is 1. The lowest BCUT2D eigenvalue weighted by Crippen LogP contribution is -2.12. The zero-order chi connectivity index (χ0) is 15.2. The summed E-state index contributed by atoms with van der Waals surface area (Å²) in [4.78, 5) is 14.5. The van der Waals surface area contributed by atoms with Gasteiger partial charge >= 0.3 is 5.92 Å². The third-order valence-corrected chi connectivity index (χ3v) is 3.81. The van der Waals surface area contributed by atoms with Crippen LogP contribution >= 0.6 is 15.9 Å². The van der Waals surface area contributed by atoms with Crippen molar-refractivity contribution in [1.29, 1.82) is 5.26 Å². The van der Waals surface area contributed by atoms with Gasteiger partial charge in [0.1, 0.15) is 6.07 Å². The number of hydrogen-bond acceptors (Lipinski definition) is 2. The minimum absolute atomic E-state index is 0.189. The fourth-order valence-corrected chi connectivity index (χ4v) is 2.76. The molecule has 0 fully saturated rings. The molecule has 0 aliphatic rings. The molecule has 0 saturated carbocycles. The zero-order valence-electron chi connectivity index (χ0n) is 10.5. The molecule has 1 aromatic heterocycles. The Labute approximate surface area is 125 Å².